The van der Waals surface area contributed by atoms with Crippen LogP contribution in [0.5, 0.6) is 0 Å². The number of carbonyl (C=O) groups is 2. The molecule has 1 fully saturated rings. The van der Waals surface area contributed by atoms with Crippen molar-refractivity contribution in [3.05, 3.63) is 11.8 Å². The van der Waals surface area contributed by atoms with Gasteiger partial charge in [-0.2, -0.15) is 5.10 Å². The van der Waals surface area contributed by atoms with E-state index < -0.39 is 18.0 Å². The van der Waals surface area contributed by atoms with Gasteiger partial charge in [-0.1, -0.05) is 11.8 Å². The van der Waals surface area contributed by atoms with E-state index in [0.717, 1.165) is 0 Å². The van der Waals surface area contributed by atoms with Gasteiger partial charge in [-0.25, -0.2) is 0 Å². The Kier molecular flexibility index (Phi) is 4.79. The van der Waals surface area contributed by atoms with Crippen molar-refractivity contribution >= 4 is 29.3 Å². The van der Waals surface area contributed by atoms with E-state index in [0.29, 0.717) is 41.5 Å². The molecular formula is C14H18N4O4S. The Bertz CT molecular complexity index is 627. The Labute approximate surface area is 137 Å². The van der Waals surface area contributed by atoms with Crippen LogP contribution in [-0.2, 0) is 16.1 Å². The van der Waals surface area contributed by atoms with Gasteiger partial charge in [0.25, 0.3) is 0 Å². The highest BCUT2D eigenvalue weighted by Gasteiger charge is 2.32. The van der Waals surface area contributed by atoms with Crippen LogP contribution in [0.2, 0.25) is 0 Å². The molecule has 3 atom stereocenters. The van der Waals surface area contributed by atoms with E-state index in [-0.39, 0.29) is 18.4 Å². The van der Waals surface area contributed by atoms with Crippen LogP contribution in [-0.4, -0.2) is 50.2 Å². The van der Waals surface area contributed by atoms with Crippen molar-refractivity contribution in [1.29, 1.82) is 0 Å². The molecule has 1 saturated carbocycles. The van der Waals surface area contributed by atoms with Gasteiger partial charge in [0.1, 0.15) is 5.03 Å². The summed E-state index contributed by atoms with van der Waals surface area (Å²) in [5.41, 5.74) is 1.33. The number of anilines is 1. The monoisotopic (exact) mass is 338 g/mol. The van der Waals surface area contributed by atoms with Crippen LogP contribution in [0.15, 0.2) is 11.1 Å². The third-order valence-corrected chi connectivity index (χ3v) is 5.12. The van der Waals surface area contributed by atoms with Gasteiger partial charge in [0.05, 0.1) is 29.2 Å². The standard InChI is InChI=1S/C14H18N4O4S/c19-11-3-7(14(21)22)1-2-9(11)15-5-8-4-10-13(18-17-8)23-6-12(20)16-10/h4,7,9,11,15,19H,1-3,5-6H2,(H,16,20)(H,21,22). The maximum Gasteiger partial charge on any atom is 0.306 e. The van der Waals surface area contributed by atoms with Crippen LogP contribution in [0.3, 0.4) is 0 Å². The molecule has 1 aromatic rings. The molecule has 0 bridgehead atoms. The van der Waals surface area contributed by atoms with Crippen molar-refractivity contribution in [1.82, 2.24) is 15.5 Å². The molecule has 1 aromatic heterocycles. The van der Waals surface area contributed by atoms with Crippen LogP contribution in [0.4, 0.5) is 5.69 Å². The van der Waals surface area contributed by atoms with Gasteiger partial charge in [0.2, 0.25) is 5.91 Å². The second-order valence-electron chi connectivity index (χ2n) is 5.79. The molecule has 1 aliphatic heterocycles. The Morgan fingerprint density at radius 1 is 1.43 bits per heavy atom. The number of aliphatic carboxylic acids is 1. The van der Waals surface area contributed by atoms with Gasteiger partial charge < -0.3 is 20.8 Å². The lowest BCUT2D eigenvalue weighted by Crippen LogP contribution is -2.45. The number of carbonyl (C=O) groups excluding carboxylic acids is 1. The van der Waals surface area contributed by atoms with E-state index in [2.05, 4.69) is 20.8 Å². The molecular weight excluding hydrogens is 320 g/mol. The molecule has 0 saturated heterocycles. The summed E-state index contributed by atoms with van der Waals surface area (Å²) in [6.07, 6.45) is 0.719. The summed E-state index contributed by atoms with van der Waals surface area (Å²) in [5.74, 6) is -1.04. The summed E-state index contributed by atoms with van der Waals surface area (Å²) in [6.45, 7) is 0.403. The predicted molar refractivity (Wildman–Crippen MR) is 83.0 cm³/mol. The third kappa shape index (κ3) is 3.80. The van der Waals surface area contributed by atoms with Crippen LogP contribution in [0.25, 0.3) is 0 Å². The summed E-state index contributed by atoms with van der Waals surface area (Å²) in [7, 11) is 0. The molecule has 3 unspecified atom stereocenters. The van der Waals surface area contributed by atoms with Crippen molar-refractivity contribution in [2.75, 3.05) is 11.1 Å². The molecule has 1 aliphatic carbocycles. The zero-order valence-electron chi connectivity index (χ0n) is 12.4. The number of thioether (sulfide) groups is 1. The number of carboxylic acids is 1. The number of rotatable bonds is 4. The summed E-state index contributed by atoms with van der Waals surface area (Å²) < 4.78 is 0. The Balaban J connectivity index is 1.58. The van der Waals surface area contributed by atoms with Crippen LogP contribution in [0.1, 0.15) is 25.0 Å². The first-order valence-corrected chi connectivity index (χ1v) is 8.45. The Hall–Kier alpha value is -1.71. The second kappa shape index (κ2) is 6.81. The fraction of sp³-hybridized carbons (Fsp3) is 0.571. The lowest BCUT2D eigenvalue weighted by Gasteiger charge is -2.31. The number of aromatic nitrogens is 2. The number of aliphatic hydroxyl groups is 1. The minimum atomic E-state index is -0.851. The second-order valence-corrected chi connectivity index (χ2v) is 6.76. The van der Waals surface area contributed by atoms with E-state index in [1.807, 2.05) is 0 Å². The van der Waals surface area contributed by atoms with E-state index in [1.165, 1.54) is 11.8 Å². The van der Waals surface area contributed by atoms with Gasteiger partial charge in [0, 0.05) is 12.6 Å². The molecule has 0 aromatic carbocycles. The molecule has 9 heteroatoms. The third-order valence-electron chi connectivity index (χ3n) is 4.14. The number of fused-ring (bicyclic) bond motifs is 1. The van der Waals surface area contributed by atoms with Gasteiger partial charge in [-0.3, -0.25) is 9.59 Å². The quantitative estimate of drug-likeness (QED) is 0.615. The average Bonchev–Trinajstić information content (AvgIpc) is 2.53. The number of hydrogen-bond donors (Lipinski definition) is 4. The van der Waals surface area contributed by atoms with Crippen molar-refractivity contribution < 1.29 is 19.8 Å². The molecule has 1 amide bonds. The fourth-order valence-electron chi connectivity index (χ4n) is 2.87. The Morgan fingerprint density at radius 3 is 3.00 bits per heavy atom. The number of aliphatic hydroxyl groups excluding tert-OH is 1. The maximum absolute atomic E-state index is 11.4. The molecule has 0 radical (unpaired) electrons. The molecule has 2 aliphatic rings. The van der Waals surface area contributed by atoms with Crippen molar-refractivity contribution in [3.8, 4) is 0 Å². The zero-order chi connectivity index (χ0) is 16.4. The van der Waals surface area contributed by atoms with Crippen LogP contribution >= 0.6 is 11.8 Å². The van der Waals surface area contributed by atoms with Crippen molar-refractivity contribution in [3.63, 3.8) is 0 Å². The highest BCUT2D eigenvalue weighted by Crippen LogP contribution is 2.29. The molecule has 8 nitrogen and oxygen atoms in total. The van der Waals surface area contributed by atoms with Gasteiger partial charge >= 0.3 is 5.97 Å². The SMILES string of the molecule is O=C1CSc2nnc(CNC3CCC(C(=O)O)CC3O)cc2N1. The lowest BCUT2D eigenvalue weighted by molar-refractivity contribution is -0.144. The normalized spacial score (nSPS) is 27.2. The fourth-order valence-corrected chi connectivity index (χ4v) is 3.57. The predicted octanol–water partition coefficient (Wildman–Crippen LogP) is 0.225. The topological polar surface area (TPSA) is 124 Å². The molecule has 23 heavy (non-hydrogen) atoms. The maximum atomic E-state index is 11.4. The highest BCUT2D eigenvalue weighted by molar-refractivity contribution is 8.00. The summed E-state index contributed by atoms with van der Waals surface area (Å²) >= 11 is 1.35. The number of nitrogens with one attached hydrogen (secondary N) is 2. The lowest BCUT2D eigenvalue weighted by atomic mass is 9.84. The number of nitrogens with zero attached hydrogens (tertiary/aromatic N) is 2. The first-order chi connectivity index (χ1) is 11.0. The van der Waals surface area contributed by atoms with Crippen LogP contribution in [0, 0.1) is 5.92 Å². The number of hydrogen-bond acceptors (Lipinski definition) is 7. The van der Waals surface area contributed by atoms with Gasteiger partial charge in [-0.05, 0) is 25.3 Å². The van der Waals surface area contributed by atoms with E-state index in [9.17, 15) is 14.7 Å². The summed E-state index contributed by atoms with van der Waals surface area (Å²) in [6, 6.07) is 1.61. The Morgan fingerprint density at radius 2 is 2.26 bits per heavy atom. The molecule has 3 rings (SSSR count). The largest absolute Gasteiger partial charge is 0.481 e. The zero-order valence-corrected chi connectivity index (χ0v) is 13.2. The molecule has 2 heterocycles. The molecule has 0 spiro atoms. The smallest absolute Gasteiger partial charge is 0.306 e. The van der Waals surface area contributed by atoms with Crippen molar-refractivity contribution in [2.45, 2.75) is 43.0 Å². The first-order valence-electron chi connectivity index (χ1n) is 7.46. The van der Waals surface area contributed by atoms with E-state index >= 15 is 0 Å². The van der Waals surface area contributed by atoms with Gasteiger partial charge in [-0.15, -0.1) is 5.10 Å². The number of carboxylic acid groups (broad SMARTS) is 1. The molecule has 124 valence electrons. The first kappa shape index (κ1) is 16.2. The minimum absolute atomic E-state index is 0.0585. The highest BCUT2D eigenvalue weighted by atomic mass is 32.2. The minimum Gasteiger partial charge on any atom is -0.481 e. The van der Waals surface area contributed by atoms with E-state index in [1.54, 1.807) is 6.07 Å². The average molecular weight is 338 g/mol. The summed E-state index contributed by atoms with van der Waals surface area (Å²) in [5, 5.41) is 33.9. The van der Waals surface area contributed by atoms with Crippen molar-refractivity contribution in [2.24, 2.45) is 5.92 Å². The molecule has 4 N–H and O–H groups in total. The summed E-state index contributed by atoms with van der Waals surface area (Å²) in [4.78, 5) is 22.4. The van der Waals surface area contributed by atoms with E-state index in [4.69, 9.17) is 5.11 Å². The van der Waals surface area contributed by atoms with Gasteiger partial charge in [0.15, 0.2) is 0 Å². The van der Waals surface area contributed by atoms with Crippen LogP contribution < -0.4 is 10.6 Å². The number of amides is 1.